The molecule has 1 amide bonds. The predicted molar refractivity (Wildman–Crippen MR) is 75.5 cm³/mol. The standard InChI is InChI=1S/C17H15NO3/c1-11(12-6-3-2-4-7-12)18-10-13-8-5-9-14(17(20)21)15(13)16(18)19/h2-9,11H,10H2,1H3,(H,20,21)/p-1/t11-/m0/s1. The van der Waals surface area contributed by atoms with E-state index < -0.39 is 5.97 Å². The molecule has 0 aliphatic carbocycles. The maximum absolute atomic E-state index is 12.6. The molecule has 2 aromatic rings. The highest BCUT2D eigenvalue weighted by molar-refractivity contribution is 6.07. The van der Waals surface area contributed by atoms with Crippen molar-refractivity contribution in [2.45, 2.75) is 19.5 Å². The van der Waals surface area contributed by atoms with E-state index in [1.165, 1.54) is 6.07 Å². The highest BCUT2D eigenvalue weighted by Gasteiger charge is 2.33. The van der Waals surface area contributed by atoms with Gasteiger partial charge in [-0.25, -0.2) is 0 Å². The van der Waals surface area contributed by atoms with Crippen LogP contribution in [-0.4, -0.2) is 16.8 Å². The fraction of sp³-hybridized carbons (Fsp3) is 0.176. The summed E-state index contributed by atoms with van der Waals surface area (Å²) in [5.41, 5.74) is 2.00. The molecule has 3 rings (SSSR count). The van der Waals surface area contributed by atoms with E-state index in [0.29, 0.717) is 6.54 Å². The number of nitrogens with zero attached hydrogens (tertiary/aromatic N) is 1. The zero-order valence-electron chi connectivity index (χ0n) is 11.6. The van der Waals surface area contributed by atoms with Gasteiger partial charge in [0.15, 0.2) is 0 Å². The maximum atomic E-state index is 12.6. The smallest absolute Gasteiger partial charge is 0.255 e. The fourth-order valence-electron chi connectivity index (χ4n) is 2.78. The van der Waals surface area contributed by atoms with E-state index in [1.807, 2.05) is 37.3 Å². The summed E-state index contributed by atoms with van der Waals surface area (Å²) in [6, 6.07) is 14.4. The van der Waals surface area contributed by atoms with Gasteiger partial charge in [-0.3, -0.25) is 4.79 Å². The van der Waals surface area contributed by atoms with Crippen LogP contribution in [0.2, 0.25) is 0 Å². The van der Waals surface area contributed by atoms with Crippen molar-refractivity contribution in [1.82, 2.24) is 4.90 Å². The summed E-state index contributed by atoms with van der Waals surface area (Å²) in [6.45, 7) is 2.36. The molecule has 0 aromatic heterocycles. The monoisotopic (exact) mass is 280 g/mol. The first-order chi connectivity index (χ1) is 10.1. The Labute approximate surface area is 122 Å². The van der Waals surface area contributed by atoms with E-state index in [-0.39, 0.29) is 23.1 Å². The number of carboxylic acid groups (broad SMARTS) is 1. The Balaban J connectivity index is 1.98. The van der Waals surface area contributed by atoms with E-state index >= 15 is 0 Å². The van der Waals surface area contributed by atoms with E-state index in [0.717, 1.165) is 11.1 Å². The molecule has 0 unspecified atom stereocenters. The minimum Gasteiger partial charge on any atom is -0.545 e. The summed E-state index contributed by atoms with van der Waals surface area (Å²) < 4.78 is 0. The second kappa shape index (κ2) is 5.05. The van der Waals surface area contributed by atoms with Gasteiger partial charge < -0.3 is 14.8 Å². The summed E-state index contributed by atoms with van der Waals surface area (Å²) >= 11 is 0. The number of carbonyl (C=O) groups excluding carboxylic acids is 2. The Hall–Kier alpha value is -2.62. The molecular formula is C17H14NO3-. The number of amides is 1. The lowest BCUT2D eigenvalue weighted by molar-refractivity contribution is -0.255. The molecule has 0 saturated heterocycles. The van der Waals surface area contributed by atoms with E-state index in [1.54, 1.807) is 17.0 Å². The normalized spacial score (nSPS) is 14.9. The number of carbonyl (C=O) groups is 2. The first-order valence-corrected chi connectivity index (χ1v) is 6.78. The number of hydrogen-bond acceptors (Lipinski definition) is 3. The van der Waals surface area contributed by atoms with Gasteiger partial charge >= 0.3 is 0 Å². The Kier molecular flexibility index (Phi) is 3.22. The van der Waals surface area contributed by atoms with Gasteiger partial charge in [-0.05, 0) is 18.1 Å². The molecule has 2 aromatic carbocycles. The molecule has 0 spiro atoms. The first-order valence-electron chi connectivity index (χ1n) is 6.78. The van der Waals surface area contributed by atoms with E-state index in [9.17, 15) is 14.7 Å². The van der Waals surface area contributed by atoms with Crippen molar-refractivity contribution in [1.29, 1.82) is 0 Å². The molecule has 4 nitrogen and oxygen atoms in total. The van der Waals surface area contributed by atoms with Gasteiger partial charge in [-0.15, -0.1) is 0 Å². The predicted octanol–water partition coefficient (Wildman–Crippen LogP) is 1.77. The van der Waals surface area contributed by atoms with Crippen LogP contribution in [0.5, 0.6) is 0 Å². The first kappa shape index (κ1) is 13.4. The van der Waals surface area contributed by atoms with Crippen LogP contribution in [0.3, 0.4) is 0 Å². The van der Waals surface area contributed by atoms with Gasteiger partial charge in [0.1, 0.15) is 0 Å². The van der Waals surface area contributed by atoms with Gasteiger partial charge in [0.2, 0.25) is 0 Å². The van der Waals surface area contributed by atoms with Gasteiger partial charge in [0.05, 0.1) is 17.6 Å². The number of hydrogen-bond donors (Lipinski definition) is 0. The van der Waals surface area contributed by atoms with Crippen molar-refractivity contribution < 1.29 is 14.7 Å². The number of carboxylic acids is 1. The van der Waals surface area contributed by atoms with Crippen molar-refractivity contribution in [2.24, 2.45) is 0 Å². The molecule has 4 heteroatoms. The van der Waals surface area contributed by atoms with Crippen LogP contribution < -0.4 is 5.11 Å². The molecule has 0 bridgehead atoms. The molecule has 1 aliphatic heterocycles. The molecule has 0 N–H and O–H groups in total. The Morgan fingerprint density at radius 3 is 2.52 bits per heavy atom. The Morgan fingerprint density at radius 2 is 1.86 bits per heavy atom. The molecule has 21 heavy (non-hydrogen) atoms. The third kappa shape index (κ3) is 2.18. The molecule has 1 atom stereocenters. The van der Waals surface area contributed by atoms with Gasteiger partial charge in [-0.1, -0.05) is 48.5 Å². The zero-order valence-corrected chi connectivity index (χ0v) is 11.6. The summed E-state index contributed by atoms with van der Waals surface area (Å²) in [5.74, 6) is -1.56. The molecule has 1 heterocycles. The van der Waals surface area contributed by atoms with E-state index in [4.69, 9.17) is 0 Å². The largest absolute Gasteiger partial charge is 0.545 e. The van der Waals surface area contributed by atoms with Crippen LogP contribution in [0.1, 0.15) is 44.8 Å². The average molecular weight is 280 g/mol. The fourth-order valence-corrected chi connectivity index (χ4v) is 2.78. The number of aromatic carboxylic acids is 1. The lowest BCUT2D eigenvalue weighted by atomic mass is 10.0. The number of benzene rings is 2. The molecule has 0 saturated carbocycles. The minimum absolute atomic E-state index is 0.0275. The van der Waals surface area contributed by atoms with Gasteiger partial charge in [-0.2, -0.15) is 0 Å². The summed E-state index contributed by atoms with van der Waals surface area (Å²) in [5, 5.41) is 11.2. The van der Waals surface area contributed by atoms with Crippen LogP contribution in [-0.2, 0) is 6.54 Å². The average Bonchev–Trinajstić information content (AvgIpc) is 2.84. The lowest BCUT2D eigenvalue weighted by Gasteiger charge is -2.24. The van der Waals surface area contributed by atoms with Crippen molar-refractivity contribution >= 4 is 11.9 Å². The van der Waals surface area contributed by atoms with Crippen molar-refractivity contribution in [3.63, 3.8) is 0 Å². The molecule has 106 valence electrons. The third-order valence-electron chi connectivity index (χ3n) is 3.94. The van der Waals surface area contributed by atoms with Crippen LogP contribution >= 0.6 is 0 Å². The van der Waals surface area contributed by atoms with Gasteiger partial charge in [0.25, 0.3) is 5.91 Å². The number of fused-ring (bicyclic) bond motifs is 1. The second-order valence-corrected chi connectivity index (χ2v) is 5.15. The second-order valence-electron chi connectivity index (χ2n) is 5.15. The Bertz CT molecular complexity index is 709. The maximum Gasteiger partial charge on any atom is 0.255 e. The van der Waals surface area contributed by atoms with Crippen LogP contribution in [0.25, 0.3) is 0 Å². The highest BCUT2D eigenvalue weighted by Crippen LogP contribution is 2.32. The van der Waals surface area contributed by atoms with Gasteiger partial charge in [0, 0.05) is 12.1 Å². The van der Waals surface area contributed by atoms with Crippen LogP contribution in [0, 0.1) is 0 Å². The van der Waals surface area contributed by atoms with Crippen LogP contribution in [0.15, 0.2) is 48.5 Å². The highest BCUT2D eigenvalue weighted by atomic mass is 16.4. The molecule has 0 fully saturated rings. The topological polar surface area (TPSA) is 60.4 Å². The zero-order chi connectivity index (χ0) is 15.0. The van der Waals surface area contributed by atoms with Crippen LogP contribution in [0.4, 0.5) is 0 Å². The lowest BCUT2D eigenvalue weighted by Crippen LogP contribution is -2.29. The summed E-state index contributed by atoms with van der Waals surface area (Å²) in [7, 11) is 0. The van der Waals surface area contributed by atoms with Crippen molar-refractivity contribution in [2.75, 3.05) is 0 Å². The summed E-state index contributed by atoms with van der Waals surface area (Å²) in [4.78, 5) is 25.4. The quantitative estimate of drug-likeness (QED) is 0.860. The molecule has 0 radical (unpaired) electrons. The molecule has 1 aliphatic rings. The Morgan fingerprint density at radius 1 is 1.14 bits per heavy atom. The third-order valence-corrected chi connectivity index (χ3v) is 3.94. The number of rotatable bonds is 3. The summed E-state index contributed by atoms with van der Waals surface area (Å²) in [6.07, 6.45) is 0. The van der Waals surface area contributed by atoms with Crippen molar-refractivity contribution in [3.05, 3.63) is 70.8 Å². The molecular weight excluding hydrogens is 266 g/mol. The van der Waals surface area contributed by atoms with Crippen molar-refractivity contribution in [3.8, 4) is 0 Å². The minimum atomic E-state index is -1.31. The SMILES string of the molecule is C[C@@H](c1ccccc1)N1Cc2cccc(C(=O)[O-])c2C1=O. The van der Waals surface area contributed by atoms with E-state index in [2.05, 4.69) is 0 Å².